The molecule has 0 radical (unpaired) electrons. The van der Waals surface area contributed by atoms with Crippen molar-refractivity contribution >= 4 is 39.8 Å². The minimum Gasteiger partial charge on any atom is -0.298 e. The van der Waals surface area contributed by atoms with E-state index in [0.717, 1.165) is 0 Å². The van der Waals surface area contributed by atoms with E-state index < -0.39 is 0 Å². The Labute approximate surface area is 70.0 Å². The summed E-state index contributed by atoms with van der Waals surface area (Å²) in [4.78, 5) is 21.0. The molecule has 0 amide bonds. The van der Waals surface area contributed by atoms with Crippen LogP contribution in [0.3, 0.4) is 0 Å². The van der Waals surface area contributed by atoms with Gasteiger partial charge in [0.1, 0.15) is 0 Å². The molecule has 10 heavy (non-hydrogen) atoms. The van der Waals surface area contributed by atoms with Crippen LogP contribution in [0, 0.1) is 0 Å². The lowest BCUT2D eigenvalue weighted by atomic mass is 10.3. The molecular weight excluding hydrogens is 216 g/mol. The second-order valence-electron chi connectivity index (χ2n) is 1.60. The van der Waals surface area contributed by atoms with Gasteiger partial charge in [0.25, 0.3) is 0 Å². The van der Waals surface area contributed by atoms with Crippen molar-refractivity contribution in [3.63, 3.8) is 0 Å². The average molecular weight is 219 g/mol. The molecule has 1 aromatic heterocycles. The Hall–Kier alpha value is -0.480. The van der Waals surface area contributed by atoms with Crippen LogP contribution in [0.5, 0.6) is 0 Å². The molecule has 0 atom stereocenters. The molecule has 0 bridgehead atoms. The number of carbonyl (C=O) groups is 2. The van der Waals surface area contributed by atoms with Crippen molar-refractivity contribution in [3.8, 4) is 0 Å². The van der Waals surface area contributed by atoms with Crippen LogP contribution >= 0.6 is 27.3 Å². The summed E-state index contributed by atoms with van der Waals surface area (Å²) < 4.78 is 0.689. The lowest BCUT2D eigenvalue weighted by Gasteiger charge is -1.83. The highest BCUT2D eigenvalue weighted by molar-refractivity contribution is 9.10. The maximum atomic E-state index is 10.3. The largest absolute Gasteiger partial charge is 0.298 e. The topological polar surface area (TPSA) is 34.1 Å². The van der Waals surface area contributed by atoms with E-state index >= 15 is 0 Å². The van der Waals surface area contributed by atoms with E-state index in [4.69, 9.17) is 0 Å². The molecule has 0 N–H and O–H groups in total. The molecule has 0 aromatic carbocycles. The van der Waals surface area contributed by atoms with Gasteiger partial charge in [-0.25, -0.2) is 0 Å². The predicted octanol–water partition coefficient (Wildman–Crippen LogP) is 2.14. The standard InChI is InChI=1S/C6H3BrO2S/c7-5-3-10-6(2-9)4(5)1-8/h1-3H. The molecule has 0 spiro atoms. The fourth-order valence-corrected chi connectivity index (χ4v) is 1.98. The normalized spacial score (nSPS) is 9.30. The van der Waals surface area contributed by atoms with E-state index in [2.05, 4.69) is 15.9 Å². The van der Waals surface area contributed by atoms with Crippen molar-refractivity contribution in [1.82, 2.24) is 0 Å². The van der Waals surface area contributed by atoms with E-state index in [0.29, 0.717) is 27.5 Å². The van der Waals surface area contributed by atoms with Crippen molar-refractivity contribution < 1.29 is 9.59 Å². The van der Waals surface area contributed by atoms with E-state index in [1.54, 1.807) is 5.38 Å². The van der Waals surface area contributed by atoms with Gasteiger partial charge >= 0.3 is 0 Å². The molecule has 0 saturated carbocycles. The first-order chi connectivity index (χ1) is 4.79. The number of carbonyl (C=O) groups excluding carboxylic acids is 2. The summed E-state index contributed by atoms with van der Waals surface area (Å²) in [6, 6.07) is 0. The Kier molecular flexibility index (Phi) is 2.34. The zero-order valence-electron chi connectivity index (χ0n) is 4.83. The maximum absolute atomic E-state index is 10.3. The molecule has 1 heterocycles. The smallest absolute Gasteiger partial charge is 0.160 e. The van der Waals surface area contributed by atoms with Crippen LogP contribution in [0.25, 0.3) is 0 Å². The molecule has 0 fully saturated rings. The molecule has 0 aliphatic heterocycles. The van der Waals surface area contributed by atoms with Crippen LogP contribution < -0.4 is 0 Å². The molecular formula is C6H3BrO2S. The maximum Gasteiger partial charge on any atom is 0.160 e. The molecule has 4 heteroatoms. The third-order valence-electron chi connectivity index (χ3n) is 1.04. The third kappa shape index (κ3) is 1.17. The lowest BCUT2D eigenvalue weighted by molar-refractivity contribution is 0.109. The van der Waals surface area contributed by atoms with Gasteiger partial charge < -0.3 is 0 Å². The van der Waals surface area contributed by atoms with Gasteiger partial charge in [-0.05, 0) is 15.9 Å². The second kappa shape index (κ2) is 3.07. The second-order valence-corrected chi connectivity index (χ2v) is 3.36. The van der Waals surface area contributed by atoms with Gasteiger partial charge in [-0.15, -0.1) is 11.3 Å². The van der Waals surface area contributed by atoms with E-state index in [1.165, 1.54) is 11.3 Å². The fourth-order valence-electron chi connectivity index (χ4n) is 0.566. The summed E-state index contributed by atoms with van der Waals surface area (Å²) in [7, 11) is 0. The number of rotatable bonds is 2. The number of aldehydes is 2. The van der Waals surface area contributed by atoms with Crippen molar-refractivity contribution in [3.05, 3.63) is 20.3 Å². The summed E-state index contributed by atoms with van der Waals surface area (Å²) in [5, 5.41) is 1.72. The number of hydrogen-bond acceptors (Lipinski definition) is 3. The molecule has 1 aromatic rings. The number of halogens is 1. The van der Waals surface area contributed by atoms with Gasteiger partial charge in [-0.2, -0.15) is 0 Å². The monoisotopic (exact) mass is 218 g/mol. The molecule has 0 saturated heterocycles. The summed E-state index contributed by atoms with van der Waals surface area (Å²) in [5.41, 5.74) is 0.444. The zero-order valence-corrected chi connectivity index (χ0v) is 7.24. The lowest BCUT2D eigenvalue weighted by Crippen LogP contribution is -1.82. The Balaban J connectivity index is 3.25. The number of hydrogen-bond donors (Lipinski definition) is 0. The van der Waals surface area contributed by atoms with Crippen molar-refractivity contribution in [2.45, 2.75) is 0 Å². The Bertz CT molecular complexity index is 267. The van der Waals surface area contributed by atoms with Gasteiger partial charge in [0.15, 0.2) is 12.6 Å². The highest BCUT2D eigenvalue weighted by Gasteiger charge is 2.06. The molecule has 2 nitrogen and oxygen atoms in total. The van der Waals surface area contributed by atoms with E-state index in [-0.39, 0.29) is 0 Å². The highest BCUT2D eigenvalue weighted by Crippen LogP contribution is 2.23. The van der Waals surface area contributed by atoms with Gasteiger partial charge in [0.05, 0.1) is 4.88 Å². The van der Waals surface area contributed by atoms with Crippen LogP contribution in [0.1, 0.15) is 20.0 Å². The molecule has 1 rings (SSSR count). The third-order valence-corrected chi connectivity index (χ3v) is 2.92. The first-order valence-electron chi connectivity index (χ1n) is 2.47. The highest BCUT2D eigenvalue weighted by atomic mass is 79.9. The van der Waals surface area contributed by atoms with Gasteiger partial charge in [0, 0.05) is 15.4 Å². The fraction of sp³-hybridized carbons (Fsp3) is 0. The predicted molar refractivity (Wildman–Crippen MR) is 42.8 cm³/mol. The van der Waals surface area contributed by atoms with Crippen LogP contribution in [-0.2, 0) is 0 Å². The Morgan fingerprint density at radius 2 is 2.10 bits per heavy atom. The quantitative estimate of drug-likeness (QED) is 0.714. The van der Waals surface area contributed by atoms with Gasteiger partial charge in [-0.1, -0.05) is 0 Å². The van der Waals surface area contributed by atoms with E-state index in [1.807, 2.05) is 0 Å². The average Bonchev–Trinajstić information content (AvgIpc) is 2.30. The minimum absolute atomic E-state index is 0.444. The van der Waals surface area contributed by atoms with Crippen LogP contribution in [-0.4, -0.2) is 12.6 Å². The summed E-state index contributed by atoms with van der Waals surface area (Å²) in [5.74, 6) is 0. The first-order valence-corrected chi connectivity index (χ1v) is 4.14. The molecule has 0 aliphatic carbocycles. The summed E-state index contributed by atoms with van der Waals surface area (Å²) >= 11 is 4.39. The SMILES string of the molecule is O=Cc1scc(Br)c1C=O. The zero-order chi connectivity index (χ0) is 7.56. The van der Waals surface area contributed by atoms with Gasteiger partial charge in [-0.3, -0.25) is 9.59 Å². The van der Waals surface area contributed by atoms with Crippen LogP contribution in [0.15, 0.2) is 9.85 Å². The van der Waals surface area contributed by atoms with E-state index in [9.17, 15) is 9.59 Å². The molecule has 52 valence electrons. The van der Waals surface area contributed by atoms with Crippen LogP contribution in [0.2, 0.25) is 0 Å². The summed E-state index contributed by atoms with van der Waals surface area (Å²) in [6.07, 6.45) is 1.35. The number of thiophene rings is 1. The van der Waals surface area contributed by atoms with Crippen molar-refractivity contribution in [2.24, 2.45) is 0 Å². The van der Waals surface area contributed by atoms with Crippen molar-refractivity contribution in [1.29, 1.82) is 0 Å². The molecule has 0 aliphatic rings. The Morgan fingerprint density at radius 1 is 1.40 bits per heavy atom. The first kappa shape index (κ1) is 7.63. The van der Waals surface area contributed by atoms with Crippen molar-refractivity contribution in [2.75, 3.05) is 0 Å². The summed E-state index contributed by atoms with van der Waals surface area (Å²) in [6.45, 7) is 0. The Morgan fingerprint density at radius 3 is 2.50 bits per heavy atom. The van der Waals surface area contributed by atoms with Gasteiger partial charge in [0.2, 0.25) is 0 Å². The molecule has 0 unspecified atom stereocenters. The van der Waals surface area contributed by atoms with Crippen LogP contribution in [0.4, 0.5) is 0 Å². The minimum atomic E-state index is 0.444.